The van der Waals surface area contributed by atoms with Crippen molar-refractivity contribution in [3.05, 3.63) is 125 Å². The Kier molecular flexibility index (Phi) is 9.35. The summed E-state index contributed by atoms with van der Waals surface area (Å²) < 4.78 is 17.6. The topological polar surface area (TPSA) is 61.8 Å². The van der Waals surface area contributed by atoms with Gasteiger partial charge in [0.15, 0.2) is 5.12 Å². The summed E-state index contributed by atoms with van der Waals surface area (Å²) in [6.45, 7) is 0.364. The fourth-order valence-corrected chi connectivity index (χ4v) is 5.09. The minimum Gasteiger partial charge on any atom is -0.497 e. The zero-order chi connectivity index (χ0) is 26.8. The second-order valence-electron chi connectivity index (χ2n) is 8.62. The highest BCUT2D eigenvalue weighted by atomic mass is 32.2. The van der Waals surface area contributed by atoms with Crippen molar-refractivity contribution in [3.8, 4) is 11.5 Å². The monoisotopic (exact) mass is 526 g/mol. The van der Waals surface area contributed by atoms with Crippen molar-refractivity contribution in [2.75, 3.05) is 20.8 Å². The lowest BCUT2D eigenvalue weighted by Gasteiger charge is -2.36. The molecular formula is C32H30O5S. The standard InChI is InChI=1S/C32H30O5S/c1-35-28-16-12-26(13-17-28)32(25-7-4-3-5-8-25,27-14-18-29(36-2)19-15-27)37-22-6-9-31(34)38-30-20-10-24(23-33)11-21-30/h3-5,7-8,10-21,23H,6,9,22H2,1-2H3. The Bertz CT molecular complexity index is 1270. The molecule has 0 bridgehead atoms. The second kappa shape index (κ2) is 13.1. The maximum atomic E-state index is 12.7. The predicted octanol–water partition coefficient (Wildman–Crippen LogP) is 6.92. The van der Waals surface area contributed by atoms with Gasteiger partial charge in [0.1, 0.15) is 23.4 Å². The Hall–Kier alpha value is -3.87. The van der Waals surface area contributed by atoms with Gasteiger partial charge in [-0.25, -0.2) is 0 Å². The van der Waals surface area contributed by atoms with Crippen LogP contribution in [0.15, 0.2) is 108 Å². The van der Waals surface area contributed by atoms with Gasteiger partial charge in [-0.15, -0.1) is 0 Å². The third-order valence-electron chi connectivity index (χ3n) is 6.27. The van der Waals surface area contributed by atoms with E-state index in [1.807, 2.05) is 66.7 Å². The molecule has 0 N–H and O–H groups in total. The summed E-state index contributed by atoms with van der Waals surface area (Å²) in [5.74, 6) is 1.52. The molecule has 0 aliphatic heterocycles. The summed E-state index contributed by atoms with van der Waals surface area (Å²) in [4.78, 5) is 24.3. The average Bonchev–Trinajstić information content (AvgIpc) is 2.98. The molecule has 0 unspecified atom stereocenters. The molecule has 0 amide bonds. The Morgan fingerprint density at radius 3 is 1.76 bits per heavy atom. The van der Waals surface area contributed by atoms with E-state index in [1.165, 1.54) is 11.8 Å². The van der Waals surface area contributed by atoms with Crippen LogP contribution in [0.4, 0.5) is 0 Å². The SMILES string of the molecule is COc1ccc(C(OCCCC(=O)Sc2ccc(C=O)cc2)(c2ccccc2)c2ccc(OC)cc2)cc1. The number of ether oxygens (including phenoxy) is 3. The summed E-state index contributed by atoms with van der Waals surface area (Å²) in [6, 6.07) is 32.8. The van der Waals surface area contributed by atoms with Crippen molar-refractivity contribution in [2.45, 2.75) is 23.3 Å². The van der Waals surface area contributed by atoms with Gasteiger partial charge in [-0.05, 0) is 59.5 Å². The maximum absolute atomic E-state index is 12.7. The quantitative estimate of drug-likeness (QED) is 0.0864. The highest BCUT2D eigenvalue weighted by Gasteiger charge is 2.37. The van der Waals surface area contributed by atoms with Gasteiger partial charge in [-0.3, -0.25) is 9.59 Å². The van der Waals surface area contributed by atoms with E-state index in [-0.39, 0.29) is 5.12 Å². The Labute approximate surface area is 227 Å². The molecule has 4 aromatic rings. The number of carbonyl (C=O) groups excluding carboxylic acids is 2. The van der Waals surface area contributed by atoms with Gasteiger partial charge in [0, 0.05) is 23.5 Å². The first kappa shape index (κ1) is 27.2. The first-order valence-corrected chi connectivity index (χ1v) is 13.1. The van der Waals surface area contributed by atoms with Crippen LogP contribution in [-0.2, 0) is 15.1 Å². The van der Waals surface area contributed by atoms with Crippen LogP contribution in [0.25, 0.3) is 0 Å². The van der Waals surface area contributed by atoms with E-state index < -0.39 is 5.60 Å². The van der Waals surface area contributed by atoms with Gasteiger partial charge in [0.05, 0.1) is 14.2 Å². The van der Waals surface area contributed by atoms with Crippen molar-refractivity contribution < 1.29 is 23.8 Å². The van der Waals surface area contributed by atoms with Crippen LogP contribution in [0.3, 0.4) is 0 Å². The van der Waals surface area contributed by atoms with Crippen LogP contribution in [-0.4, -0.2) is 32.2 Å². The number of aldehydes is 1. The fourth-order valence-electron chi connectivity index (χ4n) is 4.31. The predicted molar refractivity (Wildman–Crippen MR) is 150 cm³/mol. The van der Waals surface area contributed by atoms with E-state index >= 15 is 0 Å². The third-order valence-corrected chi connectivity index (χ3v) is 7.20. The molecule has 6 heteroatoms. The first-order valence-electron chi connectivity index (χ1n) is 12.3. The van der Waals surface area contributed by atoms with Gasteiger partial charge < -0.3 is 14.2 Å². The Morgan fingerprint density at radius 1 is 0.737 bits per heavy atom. The van der Waals surface area contributed by atoms with Crippen molar-refractivity contribution in [1.82, 2.24) is 0 Å². The van der Waals surface area contributed by atoms with Crippen LogP contribution in [0.5, 0.6) is 11.5 Å². The molecule has 4 rings (SSSR count). The van der Waals surface area contributed by atoms with E-state index in [2.05, 4.69) is 12.1 Å². The highest BCUT2D eigenvalue weighted by Crippen LogP contribution is 2.41. The van der Waals surface area contributed by atoms with E-state index in [1.54, 1.807) is 38.5 Å². The summed E-state index contributed by atoms with van der Waals surface area (Å²) in [7, 11) is 3.29. The maximum Gasteiger partial charge on any atom is 0.193 e. The smallest absolute Gasteiger partial charge is 0.193 e. The average molecular weight is 527 g/mol. The van der Waals surface area contributed by atoms with Crippen molar-refractivity contribution >= 4 is 23.2 Å². The molecule has 0 fully saturated rings. The molecule has 0 aromatic heterocycles. The number of hydrogen-bond acceptors (Lipinski definition) is 6. The number of hydrogen-bond donors (Lipinski definition) is 0. The van der Waals surface area contributed by atoms with Gasteiger partial charge in [0.25, 0.3) is 0 Å². The van der Waals surface area contributed by atoms with E-state index in [9.17, 15) is 9.59 Å². The Balaban J connectivity index is 1.59. The zero-order valence-electron chi connectivity index (χ0n) is 21.5. The van der Waals surface area contributed by atoms with Crippen molar-refractivity contribution in [1.29, 1.82) is 0 Å². The number of methoxy groups -OCH3 is 2. The molecule has 0 aliphatic rings. The van der Waals surface area contributed by atoms with Crippen molar-refractivity contribution in [3.63, 3.8) is 0 Å². The minimum atomic E-state index is -0.902. The molecule has 38 heavy (non-hydrogen) atoms. The number of benzene rings is 4. The number of carbonyl (C=O) groups is 2. The van der Waals surface area contributed by atoms with Crippen LogP contribution < -0.4 is 9.47 Å². The zero-order valence-corrected chi connectivity index (χ0v) is 22.3. The minimum absolute atomic E-state index is 0.0478. The van der Waals surface area contributed by atoms with Crippen LogP contribution in [0, 0.1) is 0 Å². The largest absolute Gasteiger partial charge is 0.497 e. The van der Waals surface area contributed by atoms with Gasteiger partial charge in [-0.1, -0.05) is 78.5 Å². The van der Waals surface area contributed by atoms with Gasteiger partial charge >= 0.3 is 0 Å². The van der Waals surface area contributed by atoms with Gasteiger partial charge in [0.2, 0.25) is 0 Å². The molecule has 0 atom stereocenters. The summed E-state index contributed by atoms with van der Waals surface area (Å²) in [5.41, 5.74) is 2.56. The molecular weight excluding hydrogens is 496 g/mol. The molecule has 0 heterocycles. The fraction of sp³-hybridized carbons (Fsp3) is 0.188. The van der Waals surface area contributed by atoms with Crippen LogP contribution >= 0.6 is 11.8 Å². The lowest BCUT2D eigenvalue weighted by Crippen LogP contribution is -2.33. The molecule has 5 nitrogen and oxygen atoms in total. The van der Waals surface area contributed by atoms with E-state index in [0.717, 1.165) is 39.4 Å². The van der Waals surface area contributed by atoms with Crippen LogP contribution in [0.1, 0.15) is 39.9 Å². The normalized spacial score (nSPS) is 11.1. The van der Waals surface area contributed by atoms with Gasteiger partial charge in [-0.2, -0.15) is 0 Å². The molecule has 4 aromatic carbocycles. The molecule has 0 spiro atoms. The number of thioether (sulfide) groups is 1. The summed E-state index contributed by atoms with van der Waals surface area (Å²) >= 11 is 1.18. The molecule has 0 radical (unpaired) electrons. The highest BCUT2D eigenvalue weighted by molar-refractivity contribution is 8.13. The summed E-state index contributed by atoms with van der Waals surface area (Å²) in [5, 5.41) is 0.0478. The van der Waals surface area contributed by atoms with Crippen molar-refractivity contribution in [2.24, 2.45) is 0 Å². The van der Waals surface area contributed by atoms with E-state index in [0.29, 0.717) is 25.0 Å². The second-order valence-corrected chi connectivity index (χ2v) is 9.75. The molecule has 194 valence electrons. The molecule has 0 saturated carbocycles. The number of rotatable bonds is 12. The molecule has 0 saturated heterocycles. The van der Waals surface area contributed by atoms with Crippen LogP contribution in [0.2, 0.25) is 0 Å². The lowest BCUT2D eigenvalue weighted by atomic mass is 9.80. The molecule has 0 aliphatic carbocycles. The summed E-state index contributed by atoms with van der Waals surface area (Å²) in [6.07, 6.45) is 1.70. The van der Waals surface area contributed by atoms with E-state index in [4.69, 9.17) is 14.2 Å². The Morgan fingerprint density at radius 2 is 1.26 bits per heavy atom. The lowest BCUT2D eigenvalue weighted by molar-refractivity contribution is -0.111. The first-order chi connectivity index (χ1) is 18.6. The third kappa shape index (κ3) is 6.33.